The first-order valence-electron chi connectivity index (χ1n) is 10.4. The number of sulfone groups is 1. The zero-order valence-corrected chi connectivity index (χ0v) is 19.4. The highest BCUT2D eigenvalue weighted by molar-refractivity contribution is 7.91. The van der Waals surface area contributed by atoms with Crippen LogP contribution in [-0.2, 0) is 27.9 Å². The lowest BCUT2D eigenvalue weighted by molar-refractivity contribution is -0.137. The third kappa shape index (κ3) is 4.39. The first-order valence-corrected chi connectivity index (χ1v) is 12.0. The highest BCUT2D eigenvalue weighted by Crippen LogP contribution is 2.35. The van der Waals surface area contributed by atoms with Gasteiger partial charge in [0.2, 0.25) is 5.91 Å². The summed E-state index contributed by atoms with van der Waals surface area (Å²) in [6, 6.07) is 4.47. The molecule has 1 saturated carbocycles. The fourth-order valence-corrected chi connectivity index (χ4v) is 4.41. The molecule has 1 amide bonds. The Bertz CT molecular complexity index is 1370. The summed E-state index contributed by atoms with van der Waals surface area (Å²) in [7, 11) is -0.728. The lowest BCUT2D eigenvalue weighted by Crippen LogP contribution is -2.28. The summed E-state index contributed by atoms with van der Waals surface area (Å²) in [4.78, 5) is 22.1. The molecule has 3 aromatic rings. The summed E-state index contributed by atoms with van der Waals surface area (Å²) in [5, 5.41) is 7.97. The quantitative estimate of drug-likeness (QED) is 0.518. The second-order valence-corrected chi connectivity index (χ2v) is 10.2. The van der Waals surface area contributed by atoms with Crippen LogP contribution in [0.3, 0.4) is 0 Å². The minimum atomic E-state index is -4.57. The van der Waals surface area contributed by atoms with Crippen molar-refractivity contribution in [1.29, 1.82) is 0 Å². The van der Waals surface area contributed by atoms with Gasteiger partial charge in [0.15, 0.2) is 21.5 Å². The molecule has 0 aliphatic heterocycles. The van der Waals surface area contributed by atoms with Gasteiger partial charge in [0, 0.05) is 26.2 Å². The Balaban J connectivity index is 1.84. The molecule has 9 nitrogen and oxygen atoms in total. The first kappa shape index (κ1) is 23.8. The molecule has 0 spiro atoms. The van der Waals surface area contributed by atoms with E-state index in [0.717, 1.165) is 31.2 Å². The van der Waals surface area contributed by atoms with E-state index in [4.69, 9.17) is 0 Å². The summed E-state index contributed by atoms with van der Waals surface area (Å²) in [5.41, 5.74) is -1.05. The van der Waals surface area contributed by atoms with Crippen molar-refractivity contribution in [2.75, 3.05) is 17.7 Å². The van der Waals surface area contributed by atoms with Crippen molar-refractivity contribution in [2.24, 2.45) is 13.0 Å². The Labute approximate surface area is 193 Å². The molecule has 13 heteroatoms. The van der Waals surface area contributed by atoms with Crippen LogP contribution in [0.1, 0.15) is 25.3 Å². The lowest BCUT2D eigenvalue weighted by Gasteiger charge is -2.18. The summed E-state index contributed by atoms with van der Waals surface area (Å²) in [6.07, 6.45) is -1.99. The van der Waals surface area contributed by atoms with Crippen LogP contribution in [0.5, 0.6) is 0 Å². The van der Waals surface area contributed by atoms with Gasteiger partial charge in [-0.05, 0) is 37.1 Å². The molecule has 4 rings (SSSR count). The van der Waals surface area contributed by atoms with Gasteiger partial charge < -0.3 is 4.57 Å². The van der Waals surface area contributed by atoms with Gasteiger partial charge >= 0.3 is 6.18 Å². The van der Waals surface area contributed by atoms with Crippen LogP contribution in [0.25, 0.3) is 23.0 Å². The number of carbonyl (C=O) groups excluding carboxylic acids is 1. The number of nitrogens with zero attached hydrogens (tertiary/aromatic N) is 6. The number of carbonyl (C=O) groups is 1. The van der Waals surface area contributed by atoms with Crippen LogP contribution in [0, 0.1) is 5.92 Å². The van der Waals surface area contributed by atoms with E-state index in [9.17, 15) is 26.4 Å². The SMILES string of the molecule is CCS(=O)(=O)c1ccc(N(C)C(=O)C2CC2)nc1-c1nnc(-c2cc(C(F)(F)F)ccn2)n1C. The zero-order chi connectivity index (χ0) is 24.8. The molecular weight excluding hydrogens is 473 g/mol. The van der Waals surface area contributed by atoms with Crippen LogP contribution in [0.15, 0.2) is 35.4 Å². The molecule has 0 saturated heterocycles. The van der Waals surface area contributed by atoms with Crippen molar-refractivity contribution in [2.45, 2.75) is 30.8 Å². The normalized spacial score (nSPS) is 14.3. The Kier molecular flexibility index (Phi) is 5.92. The van der Waals surface area contributed by atoms with Crippen LogP contribution in [0.2, 0.25) is 0 Å². The molecular formula is C21H21F3N6O3S. The van der Waals surface area contributed by atoms with Gasteiger partial charge in [0.05, 0.1) is 16.2 Å². The smallest absolute Gasteiger partial charge is 0.307 e. The van der Waals surface area contributed by atoms with E-state index in [2.05, 4.69) is 20.2 Å². The van der Waals surface area contributed by atoms with Crippen LogP contribution >= 0.6 is 0 Å². The van der Waals surface area contributed by atoms with E-state index in [0.29, 0.717) is 0 Å². The predicted molar refractivity (Wildman–Crippen MR) is 116 cm³/mol. The molecule has 0 N–H and O–H groups in total. The Morgan fingerprint density at radius 1 is 1.18 bits per heavy atom. The summed E-state index contributed by atoms with van der Waals surface area (Å²) in [6.45, 7) is 1.48. The number of hydrogen-bond acceptors (Lipinski definition) is 7. The molecule has 34 heavy (non-hydrogen) atoms. The van der Waals surface area contributed by atoms with Gasteiger partial charge in [-0.1, -0.05) is 6.92 Å². The predicted octanol–water partition coefficient (Wildman–Crippen LogP) is 3.12. The van der Waals surface area contributed by atoms with Gasteiger partial charge in [-0.25, -0.2) is 13.4 Å². The Hall–Kier alpha value is -3.35. The maximum absolute atomic E-state index is 13.1. The van der Waals surface area contributed by atoms with Crippen molar-refractivity contribution in [3.8, 4) is 23.0 Å². The fourth-order valence-electron chi connectivity index (χ4n) is 3.39. The van der Waals surface area contributed by atoms with Crippen molar-refractivity contribution >= 4 is 21.6 Å². The van der Waals surface area contributed by atoms with Crippen molar-refractivity contribution < 1.29 is 26.4 Å². The number of halogens is 3. The lowest BCUT2D eigenvalue weighted by atomic mass is 10.2. The average Bonchev–Trinajstić information content (AvgIpc) is 3.59. The largest absolute Gasteiger partial charge is 0.416 e. The molecule has 0 unspecified atom stereocenters. The number of rotatable bonds is 6. The van der Waals surface area contributed by atoms with E-state index >= 15 is 0 Å². The molecule has 1 aliphatic rings. The summed E-state index contributed by atoms with van der Waals surface area (Å²) < 4.78 is 66.3. The molecule has 0 aromatic carbocycles. The number of pyridine rings is 2. The third-order valence-corrected chi connectivity index (χ3v) is 7.32. The van der Waals surface area contributed by atoms with E-state index in [1.165, 1.54) is 35.6 Å². The molecule has 1 aliphatic carbocycles. The standard InChI is InChI=1S/C21H21F3N6O3S/c1-4-34(32,33)15-7-8-16(29(2)20(31)12-5-6-12)26-17(15)19-28-27-18(30(19)3)14-11-13(9-10-25-14)21(22,23)24/h7-12H,4-6H2,1-3H3. The Morgan fingerprint density at radius 3 is 2.47 bits per heavy atom. The first-order chi connectivity index (χ1) is 15.9. The molecule has 0 radical (unpaired) electrons. The van der Waals surface area contributed by atoms with E-state index in [1.807, 2.05) is 0 Å². The van der Waals surface area contributed by atoms with Gasteiger partial charge in [0.25, 0.3) is 0 Å². The Morgan fingerprint density at radius 2 is 1.85 bits per heavy atom. The fraction of sp³-hybridized carbons (Fsp3) is 0.381. The number of amides is 1. The van der Waals surface area contributed by atoms with Crippen LogP contribution < -0.4 is 4.90 Å². The van der Waals surface area contributed by atoms with Crippen LogP contribution in [0.4, 0.5) is 19.0 Å². The van der Waals surface area contributed by atoms with Crippen molar-refractivity contribution in [3.05, 3.63) is 36.0 Å². The van der Waals surface area contributed by atoms with E-state index < -0.39 is 21.6 Å². The van der Waals surface area contributed by atoms with Crippen LogP contribution in [-0.4, -0.2) is 51.9 Å². The maximum atomic E-state index is 13.1. The maximum Gasteiger partial charge on any atom is 0.416 e. The minimum absolute atomic E-state index is 0.00411. The zero-order valence-electron chi connectivity index (χ0n) is 18.5. The molecule has 1 fully saturated rings. The molecule has 3 aromatic heterocycles. The highest BCUT2D eigenvalue weighted by Gasteiger charge is 2.34. The van der Waals surface area contributed by atoms with Gasteiger partial charge in [-0.2, -0.15) is 13.2 Å². The number of hydrogen-bond donors (Lipinski definition) is 0. The highest BCUT2D eigenvalue weighted by atomic mass is 32.2. The van der Waals surface area contributed by atoms with Gasteiger partial charge in [-0.15, -0.1) is 10.2 Å². The van der Waals surface area contributed by atoms with Crippen molar-refractivity contribution in [1.82, 2.24) is 24.7 Å². The second kappa shape index (κ2) is 8.46. The molecule has 0 bridgehead atoms. The number of alkyl halides is 3. The minimum Gasteiger partial charge on any atom is -0.307 e. The third-order valence-electron chi connectivity index (χ3n) is 5.56. The number of anilines is 1. The number of aromatic nitrogens is 5. The van der Waals surface area contributed by atoms with Crippen molar-refractivity contribution in [3.63, 3.8) is 0 Å². The molecule has 3 heterocycles. The topological polar surface area (TPSA) is 111 Å². The molecule has 0 atom stereocenters. The van der Waals surface area contributed by atoms with Gasteiger partial charge in [0.1, 0.15) is 17.2 Å². The molecule has 180 valence electrons. The monoisotopic (exact) mass is 494 g/mol. The summed E-state index contributed by atoms with van der Waals surface area (Å²) >= 11 is 0. The second-order valence-electron chi connectivity index (χ2n) is 7.92. The van der Waals surface area contributed by atoms with Gasteiger partial charge in [-0.3, -0.25) is 14.7 Å². The van der Waals surface area contributed by atoms with E-state index in [-0.39, 0.29) is 51.3 Å². The van der Waals surface area contributed by atoms with E-state index in [1.54, 1.807) is 7.05 Å². The summed E-state index contributed by atoms with van der Waals surface area (Å²) in [5.74, 6) is -0.189. The average molecular weight is 494 g/mol.